The van der Waals surface area contributed by atoms with Crippen LogP contribution in [0.5, 0.6) is 0 Å². The topological polar surface area (TPSA) is 93.1 Å². The highest BCUT2D eigenvalue weighted by Gasteiger charge is 2.18. The van der Waals surface area contributed by atoms with Gasteiger partial charge in [0.05, 0.1) is 16.0 Å². The smallest absolute Gasteiger partial charge is 0.267 e. The molecule has 0 saturated carbocycles. The molecule has 27 heavy (non-hydrogen) atoms. The monoisotopic (exact) mass is 388 g/mol. The van der Waals surface area contributed by atoms with Crippen LogP contribution in [0, 0.1) is 5.82 Å². The summed E-state index contributed by atoms with van der Waals surface area (Å²) >= 11 is 5.83. The molecule has 0 spiro atoms. The number of fused-ring (bicyclic) bond motifs is 1. The molecule has 0 saturated heterocycles. The molecule has 0 atom stereocenters. The lowest BCUT2D eigenvalue weighted by molar-refractivity contribution is 0.0843. The predicted molar refractivity (Wildman–Crippen MR) is 98.0 cm³/mol. The zero-order valence-corrected chi connectivity index (χ0v) is 14.9. The van der Waals surface area contributed by atoms with E-state index in [4.69, 9.17) is 11.6 Å². The van der Waals surface area contributed by atoms with Gasteiger partial charge in [0.25, 0.3) is 17.4 Å². The highest BCUT2D eigenvalue weighted by molar-refractivity contribution is 6.33. The third-order valence-corrected chi connectivity index (χ3v) is 4.16. The Bertz CT molecular complexity index is 1110. The van der Waals surface area contributed by atoms with Crippen LogP contribution in [0.4, 0.5) is 4.39 Å². The minimum Gasteiger partial charge on any atom is -0.267 e. The van der Waals surface area contributed by atoms with Gasteiger partial charge in [0.2, 0.25) is 0 Å². The van der Waals surface area contributed by atoms with E-state index in [2.05, 4.69) is 16.0 Å². The molecular weight excluding hydrogens is 375 g/mol. The number of benzene rings is 2. The first kappa shape index (κ1) is 18.5. The number of hydrogen-bond donors (Lipinski definition) is 2. The van der Waals surface area contributed by atoms with Crippen molar-refractivity contribution in [2.24, 2.45) is 0 Å². The van der Waals surface area contributed by atoms with Crippen molar-refractivity contribution in [2.75, 3.05) is 0 Å². The second-order valence-electron chi connectivity index (χ2n) is 5.55. The van der Waals surface area contributed by atoms with Crippen LogP contribution < -0.4 is 16.4 Å². The van der Waals surface area contributed by atoms with Crippen LogP contribution >= 0.6 is 11.6 Å². The molecule has 0 radical (unpaired) electrons. The fourth-order valence-electron chi connectivity index (χ4n) is 2.53. The van der Waals surface area contributed by atoms with Gasteiger partial charge in [-0.1, -0.05) is 29.8 Å². The number of amides is 2. The molecule has 3 aromatic rings. The quantitative estimate of drug-likeness (QED) is 0.673. The van der Waals surface area contributed by atoms with Gasteiger partial charge in [0.15, 0.2) is 5.69 Å². The van der Waals surface area contributed by atoms with Gasteiger partial charge >= 0.3 is 0 Å². The molecule has 0 aliphatic heterocycles. The Balaban J connectivity index is 1.87. The molecule has 0 unspecified atom stereocenters. The van der Waals surface area contributed by atoms with Crippen molar-refractivity contribution < 1.29 is 14.0 Å². The molecule has 138 valence electrons. The average Bonchev–Trinajstić information content (AvgIpc) is 2.66. The van der Waals surface area contributed by atoms with E-state index < -0.39 is 17.6 Å². The van der Waals surface area contributed by atoms with E-state index >= 15 is 0 Å². The van der Waals surface area contributed by atoms with E-state index in [1.165, 1.54) is 6.07 Å². The van der Waals surface area contributed by atoms with Crippen LogP contribution in [-0.2, 0) is 6.54 Å². The average molecular weight is 389 g/mol. The summed E-state index contributed by atoms with van der Waals surface area (Å²) in [6, 6.07) is 9.82. The lowest BCUT2D eigenvalue weighted by Crippen LogP contribution is -2.43. The van der Waals surface area contributed by atoms with Gasteiger partial charge < -0.3 is 0 Å². The molecule has 0 aliphatic carbocycles. The SMILES string of the molecule is CCn1nc(C(=O)NNC(=O)c2ccc(F)cc2Cl)c2ccccc2c1=O. The maximum absolute atomic E-state index is 13.1. The van der Waals surface area contributed by atoms with Crippen molar-refractivity contribution in [2.45, 2.75) is 13.5 Å². The highest BCUT2D eigenvalue weighted by Crippen LogP contribution is 2.17. The molecule has 3 rings (SSSR count). The van der Waals surface area contributed by atoms with Crippen LogP contribution in [-0.4, -0.2) is 21.6 Å². The summed E-state index contributed by atoms with van der Waals surface area (Å²) in [5, 5.41) is 4.67. The minimum atomic E-state index is -0.721. The number of nitrogens with zero attached hydrogens (tertiary/aromatic N) is 2. The summed E-state index contributed by atoms with van der Waals surface area (Å²) in [6.07, 6.45) is 0. The number of hydrazine groups is 1. The first-order valence-corrected chi connectivity index (χ1v) is 8.35. The fraction of sp³-hybridized carbons (Fsp3) is 0.111. The molecule has 0 bridgehead atoms. The van der Waals surface area contributed by atoms with Gasteiger partial charge in [0.1, 0.15) is 5.82 Å². The van der Waals surface area contributed by atoms with E-state index in [0.717, 1.165) is 16.8 Å². The number of hydrogen-bond acceptors (Lipinski definition) is 4. The Kier molecular flexibility index (Phi) is 5.18. The van der Waals surface area contributed by atoms with Gasteiger partial charge in [-0.2, -0.15) is 5.10 Å². The third-order valence-electron chi connectivity index (χ3n) is 3.85. The molecule has 7 nitrogen and oxygen atoms in total. The van der Waals surface area contributed by atoms with E-state index in [1.54, 1.807) is 31.2 Å². The Morgan fingerprint density at radius 3 is 2.44 bits per heavy atom. The van der Waals surface area contributed by atoms with Crippen molar-refractivity contribution in [3.05, 3.63) is 74.9 Å². The van der Waals surface area contributed by atoms with Gasteiger partial charge in [-0.3, -0.25) is 25.2 Å². The fourth-order valence-corrected chi connectivity index (χ4v) is 2.78. The Hall–Kier alpha value is -3.26. The van der Waals surface area contributed by atoms with Crippen molar-refractivity contribution in [3.63, 3.8) is 0 Å². The van der Waals surface area contributed by atoms with E-state index in [1.807, 2.05) is 0 Å². The third kappa shape index (κ3) is 3.65. The van der Waals surface area contributed by atoms with Crippen molar-refractivity contribution in [1.82, 2.24) is 20.6 Å². The molecule has 0 aliphatic rings. The van der Waals surface area contributed by atoms with Crippen LogP contribution in [0.25, 0.3) is 10.8 Å². The summed E-state index contributed by atoms with van der Waals surface area (Å²) in [5.74, 6) is -2.01. The van der Waals surface area contributed by atoms with Crippen LogP contribution in [0.15, 0.2) is 47.3 Å². The zero-order chi connectivity index (χ0) is 19.6. The van der Waals surface area contributed by atoms with E-state index in [0.29, 0.717) is 10.8 Å². The molecule has 2 aromatic carbocycles. The molecule has 1 heterocycles. The first-order chi connectivity index (χ1) is 12.9. The molecule has 0 fully saturated rings. The zero-order valence-electron chi connectivity index (χ0n) is 14.1. The van der Waals surface area contributed by atoms with Gasteiger partial charge in [0, 0.05) is 11.9 Å². The lowest BCUT2D eigenvalue weighted by atomic mass is 10.1. The van der Waals surface area contributed by atoms with Crippen molar-refractivity contribution >= 4 is 34.2 Å². The molecule has 2 amide bonds. The predicted octanol–water partition coefficient (Wildman–Crippen LogP) is 2.28. The molecule has 9 heteroatoms. The van der Waals surface area contributed by atoms with Crippen molar-refractivity contribution in [1.29, 1.82) is 0 Å². The Labute approximate surface area is 157 Å². The van der Waals surface area contributed by atoms with E-state index in [-0.39, 0.29) is 28.4 Å². The van der Waals surface area contributed by atoms with Crippen LogP contribution in [0.2, 0.25) is 5.02 Å². The second kappa shape index (κ2) is 7.55. The number of halogens is 2. The number of carbonyl (C=O) groups excluding carboxylic acids is 2. The summed E-state index contributed by atoms with van der Waals surface area (Å²) < 4.78 is 14.2. The number of rotatable bonds is 3. The Morgan fingerprint density at radius 1 is 1.11 bits per heavy atom. The largest absolute Gasteiger partial charge is 0.290 e. The molecular formula is C18H14ClFN4O3. The summed E-state index contributed by atoms with van der Waals surface area (Å²) in [6.45, 7) is 2.00. The van der Waals surface area contributed by atoms with Crippen LogP contribution in [0.3, 0.4) is 0 Å². The van der Waals surface area contributed by atoms with Crippen molar-refractivity contribution in [3.8, 4) is 0 Å². The standard InChI is InChI=1S/C18H14ClFN4O3/c1-2-24-18(27)12-6-4-3-5-11(12)15(23-24)17(26)22-21-16(25)13-8-7-10(20)9-14(13)19/h3-9H,2H2,1H3,(H,21,25)(H,22,26). The molecule has 1 aromatic heterocycles. The van der Waals surface area contributed by atoms with E-state index in [9.17, 15) is 18.8 Å². The maximum atomic E-state index is 13.1. The number of carbonyl (C=O) groups is 2. The molecule has 2 N–H and O–H groups in total. The Morgan fingerprint density at radius 2 is 1.78 bits per heavy atom. The van der Waals surface area contributed by atoms with Gasteiger partial charge in [-0.05, 0) is 31.2 Å². The summed E-state index contributed by atoms with van der Waals surface area (Å²) in [7, 11) is 0. The number of aromatic nitrogens is 2. The summed E-state index contributed by atoms with van der Waals surface area (Å²) in [4.78, 5) is 37.0. The van der Waals surface area contributed by atoms with Crippen LogP contribution in [0.1, 0.15) is 27.8 Å². The summed E-state index contributed by atoms with van der Waals surface area (Å²) in [5.41, 5.74) is 4.10. The second-order valence-corrected chi connectivity index (χ2v) is 5.95. The lowest BCUT2D eigenvalue weighted by Gasteiger charge is -2.11. The highest BCUT2D eigenvalue weighted by atomic mass is 35.5. The normalized spacial score (nSPS) is 10.6. The van der Waals surface area contributed by atoms with Gasteiger partial charge in [-0.15, -0.1) is 0 Å². The number of aryl methyl sites for hydroxylation is 1. The van der Waals surface area contributed by atoms with Gasteiger partial charge in [-0.25, -0.2) is 9.07 Å². The first-order valence-electron chi connectivity index (χ1n) is 7.98. The maximum Gasteiger partial charge on any atom is 0.290 e. The number of nitrogens with one attached hydrogen (secondary N) is 2. The minimum absolute atomic E-state index is 0.00490.